The molecule has 3 N–H and O–H groups in total. The summed E-state index contributed by atoms with van der Waals surface area (Å²) in [6.07, 6.45) is 0.698. The van der Waals surface area contributed by atoms with Gasteiger partial charge >= 0.3 is 0 Å². The maximum atomic E-state index is 12.1. The van der Waals surface area contributed by atoms with Crippen molar-refractivity contribution in [2.45, 2.75) is 32.6 Å². The number of ketones is 1. The van der Waals surface area contributed by atoms with Crippen molar-refractivity contribution < 1.29 is 20.1 Å². The Morgan fingerprint density at radius 2 is 1.55 bits per heavy atom. The van der Waals surface area contributed by atoms with E-state index < -0.39 is 11.5 Å². The lowest BCUT2D eigenvalue weighted by Gasteiger charge is -2.08. The van der Waals surface area contributed by atoms with Crippen molar-refractivity contribution in [1.82, 2.24) is 0 Å². The fourth-order valence-electron chi connectivity index (χ4n) is 2.34. The second-order valence-corrected chi connectivity index (χ2v) is 5.68. The molecule has 22 heavy (non-hydrogen) atoms. The predicted octanol–water partition coefficient (Wildman–Crippen LogP) is 3.74. The van der Waals surface area contributed by atoms with Crippen LogP contribution in [0.5, 0.6) is 17.2 Å². The Morgan fingerprint density at radius 3 is 2.05 bits per heavy atom. The van der Waals surface area contributed by atoms with Crippen LogP contribution in [0.25, 0.3) is 0 Å². The number of carbonyl (C=O) groups excluding carboxylic acids is 1. The highest BCUT2D eigenvalue weighted by Gasteiger charge is 2.17. The summed E-state index contributed by atoms with van der Waals surface area (Å²) in [7, 11) is 0. The topological polar surface area (TPSA) is 77.8 Å². The van der Waals surface area contributed by atoms with Gasteiger partial charge in [-0.25, -0.2) is 0 Å². The van der Waals surface area contributed by atoms with Crippen molar-refractivity contribution in [3.05, 3.63) is 53.1 Å². The summed E-state index contributed by atoms with van der Waals surface area (Å²) >= 11 is 0. The molecule has 0 bridgehead atoms. The van der Waals surface area contributed by atoms with Crippen LogP contribution in [-0.2, 0) is 6.42 Å². The van der Waals surface area contributed by atoms with Crippen molar-refractivity contribution in [3.63, 3.8) is 0 Å². The number of phenolic OH excluding ortho intramolecular Hbond substituents is 3. The summed E-state index contributed by atoms with van der Waals surface area (Å²) in [4.78, 5) is 12.1. The standard InChI is InChI=1S/C18H20O4/c1-11(2)13-6-3-12(4-7-13)5-8-15(20)18-16(21)9-14(19)10-17(18)22/h3-4,6-7,9-11,19,21-22H,5,8H2,1-2H3. The van der Waals surface area contributed by atoms with Crippen LogP contribution >= 0.6 is 0 Å². The average Bonchev–Trinajstić information content (AvgIpc) is 2.44. The number of carbonyl (C=O) groups is 1. The highest BCUT2D eigenvalue weighted by molar-refractivity contribution is 6.01. The van der Waals surface area contributed by atoms with Crippen molar-refractivity contribution in [3.8, 4) is 17.2 Å². The zero-order valence-corrected chi connectivity index (χ0v) is 12.7. The first-order chi connectivity index (χ1) is 10.4. The van der Waals surface area contributed by atoms with E-state index >= 15 is 0 Å². The van der Waals surface area contributed by atoms with E-state index in [-0.39, 0.29) is 23.5 Å². The van der Waals surface area contributed by atoms with Gasteiger partial charge in [0.15, 0.2) is 5.78 Å². The molecule has 4 nitrogen and oxygen atoms in total. The lowest BCUT2D eigenvalue weighted by atomic mass is 9.98. The molecule has 4 heteroatoms. The molecule has 2 rings (SSSR count). The second kappa shape index (κ2) is 6.52. The van der Waals surface area contributed by atoms with Crippen LogP contribution in [0.1, 0.15) is 47.7 Å². The van der Waals surface area contributed by atoms with E-state index in [1.165, 1.54) is 5.56 Å². The van der Waals surface area contributed by atoms with Gasteiger partial charge in [0.05, 0.1) is 0 Å². The third kappa shape index (κ3) is 3.58. The first-order valence-corrected chi connectivity index (χ1v) is 7.25. The zero-order valence-electron chi connectivity index (χ0n) is 12.7. The van der Waals surface area contributed by atoms with Crippen molar-refractivity contribution in [2.75, 3.05) is 0 Å². The smallest absolute Gasteiger partial charge is 0.170 e. The Balaban J connectivity index is 2.07. The molecule has 0 aliphatic carbocycles. The van der Waals surface area contributed by atoms with Crippen LogP contribution in [0.3, 0.4) is 0 Å². The molecule has 0 radical (unpaired) electrons. The van der Waals surface area contributed by atoms with Gasteiger partial charge in [-0.3, -0.25) is 4.79 Å². The number of aryl methyl sites for hydroxylation is 1. The van der Waals surface area contributed by atoms with Gasteiger partial charge in [-0.2, -0.15) is 0 Å². The molecule has 2 aromatic rings. The van der Waals surface area contributed by atoms with E-state index in [1.54, 1.807) is 0 Å². The fraction of sp³-hybridized carbons (Fsp3) is 0.278. The van der Waals surface area contributed by atoms with E-state index in [0.29, 0.717) is 12.3 Å². The van der Waals surface area contributed by atoms with Crippen LogP contribution in [-0.4, -0.2) is 21.1 Å². The average molecular weight is 300 g/mol. The molecule has 0 amide bonds. The first kappa shape index (κ1) is 15.9. The third-order valence-electron chi connectivity index (χ3n) is 3.65. The number of benzene rings is 2. The lowest BCUT2D eigenvalue weighted by molar-refractivity contribution is 0.0977. The second-order valence-electron chi connectivity index (χ2n) is 5.68. The van der Waals surface area contributed by atoms with Crippen LogP contribution in [0.4, 0.5) is 0 Å². The van der Waals surface area contributed by atoms with Gasteiger partial charge in [-0.05, 0) is 23.5 Å². The number of aromatic hydroxyl groups is 3. The summed E-state index contributed by atoms with van der Waals surface area (Å²) in [5.74, 6) is -0.990. The first-order valence-electron chi connectivity index (χ1n) is 7.25. The SMILES string of the molecule is CC(C)c1ccc(CCC(=O)c2c(O)cc(O)cc2O)cc1. The van der Waals surface area contributed by atoms with Crippen molar-refractivity contribution >= 4 is 5.78 Å². The minimum atomic E-state index is -0.405. The molecular weight excluding hydrogens is 280 g/mol. The molecule has 0 atom stereocenters. The van der Waals surface area contributed by atoms with Crippen LogP contribution in [0, 0.1) is 0 Å². The summed E-state index contributed by atoms with van der Waals surface area (Å²) < 4.78 is 0. The molecule has 0 aliphatic rings. The van der Waals surface area contributed by atoms with Gasteiger partial charge in [-0.15, -0.1) is 0 Å². The molecule has 0 fully saturated rings. The summed E-state index contributed by atoms with van der Waals surface area (Å²) in [5.41, 5.74) is 2.12. The van der Waals surface area contributed by atoms with Crippen LogP contribution in [0.15, 0.2) is 36.4 Å². The van der Waals surface area contributed by atoms with Crippen molar-refractivity contribution in [2.24, 2.45) is 0 Å². The Morgan fingerprint density at radius 1 is 1.00 bits per heavy atom. The molecule has 0 saturated carbocycles. The maximum Gasteiger partial charge on any atom is 0.170 e. The van der Waals surface area contributed by atoms with E-state index in [9.17, 15) is 20.1 Å². The number of hydrogen-bond donors (Lipinski definition) is 3. The highest BCUT2D eigenvalue weighted by atomic mass is 16.3. The van der Waals surface area contributed by atoms with E-state index in [0.717, 1.165) is 17.7 Å². The molecule has 116 valence electrons. The van der Waals surface area contributed by atoms with Gasteiger partial charge in [0.25, 0.3) is 0 Å². The highest BCUT2D eigenvalue weighted by Crippen LogP contribution is 2.33. The van der Waals surface area contributed by atoms with Gasteiger partial charge in [0.1, 0.15) is 22.8 Å². The van der Waals surface area contributed by atoms with Crippen molar-refractivity contribution in [1.29, 1.82) is 0 Å². The molecule has 0 aromatic heterocycles. The van der Waals surface area contributed by atoms with E-state index in [2.05, 4.69) is 13.8 Å². The number of phenols is 3. The molecule has 2 aromatic carbocycles. The van der Waals surface area contributed by atoms with E-state index in [4.69, 9.17) is 0 Å². The minimum absolute atomic E-state index is 0.142. The maximum absolute atomic E-state index is 12.1. The van der Waals surface area contributed by atoms with Gasteiger partial charge < -0.3 is 15.3 Å². The normalized spacial score (nSPS) is 10.9. The molecular formula is C18H20O4. The quantitative estimate of drug-likeness (QED) is 0.735. The number of hydrogen-bond acceptors (Lipinski definition) is 4. The Labute approximate surface area is 129 Å². The van der Waals surface area contributed by atoms with Gasteiger partial charge in [0, 0.05) is 18.6 Å². The molecule has 0 heterocycles. The summed E-state index contributed by atoms with van der Waals surface area (Å²) in [6.45, 7) is 4.24. The predicted molar refractivity (Wildman–Crippen MR) is 84.6 cm³/mol. The number of Topliss-reactive ketones (excluding diaryl/α,β-unsaturated/α-hetero) is 1. The lowest BCUT2D eigenvalue weighted by Crippen LogP contribution is -2.02. The monoisotopic (exact) mass is 300 g/mol. The number of rotatable bonds is 5. The Kier molecular flexibility index (Phi) is 4.71. The molecule has 0 aliphatic heterocycles. The third-order valence-corrected chi connectivity index (χ3v) is 3.65. The van der Waals surface area contributed by atoms with Gasteiger partial charge in [0.2, 0.25) is 0 Å². The zero-order chi connectivity index (χ0) is 16.3. The Hall–Kier alpha value is -2.49. The molecule has 0 unspecified atom stereocenters. The van der Waals surface area contributed by atoms with E-state index in [1.807, 2.05) is 24.3 Å². The fourth-order valence-corrected chi connectivity index (χ4v) is 2.34. The molecule has 0 spiro atoms. The van der Waals surface area contributed by atoms with Crippen LogP contribution < -0.4 is 0 Å². The van der Waals surface area contributed by atoms with Crippen LogP contribution in [0.2, 0.25) is 0 Å². The largest absolute Gasteiger partial charge is 0.508 e. The minimum Gasteiger partial charge on any atom is -0.508 e. The van der Waals surface area contributed by atoms with Gasteiger partial charge in [-0.1, -0.05) is 38.1 Å². The summed E-state index contributed by atoms with van der Waals surface area (Å²) in [6, 6.07) is 10.1. The Bertz CT molecular complexity index is 649. The molecule has 0 saturated heterocycles. The summed E-state index contributed by atoms with van der Waals surface area (Å²) in [5, 5.41) is 28.6.